The van der Waals surface area contributed by atoms with Gasteiger partial charge in [-0.1, -0.05) is 82.8 Å². The van der Waals surface area contributed by atoms with Crippen molar-refractivity contribution in [3.8, 4) is 0 Å². The zero-order chi connectivity index (χ0) is 30.0. The summed E-state index contributed by atoms with van der Waals surface area (Å²) in [6, 6.07) is 24.2. The Labute approximate surface area is 260 Å². The molecule has 0 spiro atoms. The highest BCUT2D eigenvalue weighted by molar-refractivity contribution is 6.37. The number of amides is 2. The number of aliphatic imine (C=N–C) groups is 2. The van der Waals surface area contributed by atoms with Gasteiger partial charge in [0.05, 0.1) is 22.8 Å². The molecule has 0 bridgehead atoms. The summed E-state index contributed by atoms with van der Waals surface area (Å²) in [4.78, 5) is 31.8. The van der Waals surface area contributed by atoms with E-state index in [0.717, 1.165) is 0 Å². The molecule has 0 aliphatic carbocycles. The molecule has 8 nitrogen and oxygen atoms in total. The van der Waals surface area contributed by atoms with Gasteiger partial charge in [0.2, 0.25) is 12.5 Å². The van der Waals surface area contributed by atoms with Gasteiger partial charge in [-0.3, -0.25) is 9.59 Å². The first-order valence-electron chi connectivity index (χ1n) is 12.4. The molecular weight excluding hydrogens is 622 g/mol. The highest BCUT2D eigenvalue weighted by atomic mass is 35.5. The quantitative estimate of drug-likeness (QED) is 0.208. The van der Waals surface area contributed by atoms with Crippen LogP contribution >= 0.6 is 46.4 Å². The fourth-order valence-electron chi connectivity index (χ4n) is 4.27. The van der Waals surface area contributed by atoms with Gasteiger partial charge in [-0.15, -0.1) is 0 Å². The highest BCUT2D eigenvalue weighted by Crippen LogP contribution is 2.31. The van der Waals surface area contributed by atoms with E-state index in [1.807, 2.05) is 0 Å². The molecular formula is C30H20Cl4N4O4. The fourth-order valence-corrected chi connectivity index (χ4v) is 5.07. The average molecular weight is 642 g/mol. The highest BCUT2D eigenvalue weighted by Gasteiger charge is 2.26. The van der Waals surface area contributed by atoms with E-state index >= 15 is 0 Å². The van der Waals surface area contributed by atoms with Crippen LogP contribution in [0.25, 0.3) is 0 Å². The Bertz CT molecular complexity index is 1650. The third-order valence-electron chi connectivity index (χ3n) is 6.22. The molecule has 4 aromatic carbocycles. The van der Waals surface area contributed by atoms with Crippen molar-refractivity contribution in [3.05, 3.63) is 127 Å². The molecule has 212 valence electrons. The predicted molar refractivity (Wildman–Crippen MR) is 166 cm³/mol. The first-order chi connectivity index (χ1) is 20.1. The number of carbonyl (C=O) groups is 2. The smallest absolute Gasteiger partial charge is 0.276 e. The molecule has 0 saturated carbocycles. The topological polar surface area (TPSA) is 123 Å². The minimum atomic E-state index is -1.50. The van der Waals surface area contributed by atoms with E-state index in [0.29, 0.717) is 65.1 Å². The Balaban J connectivity index is 0.000000168. The maximum Gasteiger partial charge on any atom is 0.276 e. The standard InChI is InChI=1S/2C15H10Cl2N2O2/c2*16-8-5-6-12-10(7-8)13(19-15(21)14(20)18-12)9-3-1-2-4-11(9)17/h2*1-7,15,21H,(H,18,20). The molecule has 2 amide bonds. The summed E-state index contributed by atoms with van der Waals surface area (Å²) in [6.45, 7) is 0. The molecule has 12 heteroatoms. The second-order valence-corrected chi connectivity index (χ2v) is 10.7. The molecule has 0 radical (unpaired) electrons. The molecule has 2 atom stereocenters. The zero-order valence-electron chi connectivity index (χ0n) is 21.4. The van der Waals surface area contributed by atoms with Gasteiger partial charge in [-0.05, 0) is 48.5 Å². The van der Waals surface area contributed by atoms with Gasteiger partial charge < -0.3 is 20.8 Å². The van der Waals surface area contributed by atoms with Gasteiger partial charge in [-0.2, -0.15) is 0 Å². The molecule has 0 saturated heterocycles. The van der Waals surface area contributed by atoms with Crippen LogP contribution in [0.2, 0.25) is 20.1 Å². The Kier molecular flexibility index (Phi) is 8.93. The van der Waals surface area contributed by atoms with E-state index in [1.165, 1.54) is 0 Å². The molecule has 0 fully saturated rings. The number of fused-ring (bicyclic) bond motifs is 2. The number of nitrogens with one attached hydrogen (secondary N) is 2. The largest absolute Gasteiger partial charge is 0.364 e. The number of aliphatic hydroxyl groups excluding tert-OH is 2. The minimum Gasteiger partial charge on any atom is -0.364 e. The lowest BCUT2D eigenvalue weighted by Crippen LogP contribution is -2.24. The molecule has 2 aliphatic heterocycles. The van der Waals surface area contributed by atoms with E-state index in [2.05, 4.69) is 20.6 Å². The summed E-state index contributed by atoms with van der Waals surface area (Å²) < 4.78 is 0. The maximum absolute atomic E-state index is 11.8. The van der Waals surface area contributed by atoms with Crippen LogP contribution in [-0.4, -0.2) is 45.9 Å². The Morgan fingerprint density at radius 2 is 0.929 bits per heavy atom. The second kappa shape index (κ2) is 12.6. The Morgan fingerprint density at radius 1 is 0.548 bits per heavy atom. The fraction of sp³-hybridized carbons (Fsp3) is 0.0667. The van der Waals surface area contributed by atoms with Crippen LogP contribution in [0.3, 0.4) is 0 Å². The molecule has 2 aliphatic rings. The number of aliphatic hydroxyl groups is 2. The third kappa shape index (κ3) is 6.34. The van der Waals surface area contributed by atoms with Crippen molar-refractivity contribution >= 4 is 81.0 Å². The van der Waals surface area contributed by atoms with E-state index in [4.69, 9.17) is 46.4 Å². The molecule has 6 rings (SSSR count). The monoisotopic (exact) mass is 640 g/mol. The summed E-state index contributed by atoms with van der Waals surface area (Å²) in [5, 5.41) is 26.9. The normalized spacial score (nSPS) is 17.6. The van der Waals surface area contributed by atoms with Gasteiger partial charge in [0.1, 0.15) is 0 Å². The van der Waals surface area contributed by atoms with Crippen LogP contribution in [0.4, 0.5) is 11.4 Å². The van der Waals surface area contributed by atoms with E-state index in [1.54, 1.807) is 84.9 Å². The van der Waals surface area contributed by atoms with Gasteiger partial charge in [0.25, 0.3) is 11.8 Å². The van der Waals surface area contributed by atoms with Crippen molar-refractivity contribution in [3.63, 3.8) is 0 Å². The lowest BCUT2D eigenvalue weighted by molar-refractivity contribution is -0.124. The summed E-state index contributed by atoms with van der Waals surface area (Å²) in [5.74, 6) is -1.19. The summed E-state index contributed by atoms with van der Waals surface area (Å²) in [6.07, 6.45) is -3.00. The Morgan fingerprint density at radius 3 is 1.31 bits per heavy atom. The first-order valence-corrected chi connectivity index (χ1v) is 13.9. The van der Waals surface area contributed by atoms with Gasteiger partial charge in [0, 0.05) is 42.3 Å². The SMILES string of the molecule is O=C1Nc2ccc(Cl)cc2C(c2ccccc2Cl)=NC1O.O=C1Nc2ccc(Cl)cc2C(c2ccccc2Cl)=NC1O. The first kappa shape index (κ1) is 29.7. The summed E-state index contributed by atoms with van der Waals surface area (Å²) >= 11 is 24.5. The molecule has 42 heavy (non-hydrogen) atoms. The lowest BCUT2D eigenvalue weighted by Gasteiger charge is -2.11. The van der Waals surface area contributed by atoms with E-state index in [-0.39, 0.29) is 0 Å². The van der Waals surface area contributed by atoms with Gasteiger partial charge in [0.15, 0.2) is 0 Å². The van der Waals surface area contributed by atoms with Crippen LogP contribution < -0.4 is 10.6 Å². The van der Waals surface area contributed by atoms with Crippen molar-refractivity contribution in [2.45, 2.75) is 12.5 Å². The zero-order valence-corrected chi connectivity index (χ0v) is 24.4. The van der Waals surface area contributed by atoms with Crippen LogP contribution in [0, 0.1) is 0 Å². The number of nitrogens with zero attached hydrogens (tertiary/aromatic N) is 2. The van der Waals surface area contributed by atoms with Crippen LogP contribution in [-0.2, 0) is 9.59 Å². The van der Waals surface area contributed by atoms with Crippen LogP contribution in [0.5, 0.6) is 0 Å². The van der Waals surface area contributed by atoms with Crippen molar-refractivity contribution in [1.29, 1.82) is 0 Å². The number of halogens is 4. The minimum absolute atomic E-state index is 0.420. The van der Waals surface area contributed by atoms with Crippen molar-refractivity contribution in [1.82, 2.24) is 0 Å². The average Bonchev–Trinajstić information content (AvgIpc) is 3.17. The number of hydrogen-bond acceptors (Lipinski definition) is 6. The van der Waals surface area contributed by atoms with Crippen LogP contribution in [0.1, 0.15) is 22.3 Å². The maximum atomic E-state index is 11.8. The third-order valence-corrected chi connectivity index (χ3v) is 7.35. The van der Waals surface area contributed by atoms with Crippen LogP contribution in [0.15, 0.2) is 94.9 Å². The number of anilines is 2. The summed E-state index contributed by atoms with van der Waals surface area (Å²) in [7, 11) is 0. The number of rotatable bonds is 2. The van der Waals surface area contributed by atoms with Gasteiger partial charge >= 0.3 is 0 Å². The number of carbonyl (C=O) groups excluding carboxylic acids is 2. The number of hydrogen-bond donors (Lipinski definition) is 4. The number of benzodiazepines with no additional fused rings is 2. The number of benzene rings is 4. The molecule has 2 heterocycles. The predicted octanol–water partition coefficient (Wildman–Crippen LogP) is 6.20. The Hall–Kier alpha value is -3.76. The van der Waals surface area contributed by atoms with E-state index in [9.17, 15) is 19.8 Å². The van der Waals surface area contributed by atoms with Gasteiger partial charge in [-0.25, -0.2) is 9.98 Å². The van der Waals surface area contributed by atoms with Crippen molar-refractivity contribution in [2.75, 3.05) is 10.6 Å². The molecule has 4 N–H and O–H groups in total. The summed E-state index contributed by atoms with van der Waals surface area (Å²) in [5.41, 5.74) is 4.37. The lowest BCUT2D eigenvalue weighted by atomic mass is 10.0. The van der Waals surface area contributed by atoms with E-state index < -0.39 is 24.3 Å². The molecule has 2 unspecified atom stereocenters. The van der Waals surface area contributed by atoms with Crippen molar-refractivity contribution < 1.29 is 19.8 Å². The second-order valence-electron chi connectivity index (χ2n) is 9.02. The van der Waals surface area contributed by atoms with Crippen molar-refractivity contribution in [2.24, 2.45) is 9.98 Å². The molecule has 0 aromatic heterocycles. The molecule has 4 aromatic rings.